The van der Waals surface area contributed by atoms with E-state index in [0.717, 1.165) is 6.39 Å². The summed E-state index contributed by atoms with van der Waals surface area (Å²) in [6, 6.07) is 0. The summed E-state index contributed by atoms with van der Waals surface area (Å²) in [6.45, 7) is 0. The summed E-state index contributed by atoms with van der Waals surface area (Å²) in [5.74, 6) is -0.146. The van der Waals surface area contributed by atoms with Crippen LogP contribution in [0, 0.1) is 5.41 Å². The monoisotopic (exact) mass is 148 g/mol. The van der Waals surface area contributed by atoms with E-state index >= 15 is 0 Å². The van der Waals surface area contributed by atoms with Crippen molar-refractivity contribution in [2.75, 3.05) is 0 Å². The molecule has 0 saturated carbocycles. The summed E-state index contributed by atoms with van der Waals surface area (Å²) in [6.07, 6.45) is 1.12. The van der Waals surface area contributed by atoms with Crippen LogP contribution in [-0.2, 0) is 0 Å². The third kappa shape index (κ3) is 1.69. The van der Waals surface area contributed by atoms with Crippen LogP contribution in [-0.4, -0.2) is 16.0 Å². The lowest BCUT2D eigenvalue weighted by atomic mass is 10.6. The second-order valence-corrected chi connectivity index (χ2v) is 1.16. The van der Waals surface area contributed by atoms with E-state index in [1.807, 2.05) is 0 Å². The summed E-state index contributed by atoms with van der Waals surface area (Å²) in [7, 11) is 0. The molecule has 1 aromatic heterocycles. The molecule has 1 heterocycles. The van der Waals surface area contributed by atoms with E-state index in [-0.39, 0.29) is 24.1 Å². The summed E-state index contributed by atoms with van der Waals surface area (Å²) < 4.78 is 4.52. The Kier molecular flexibility index (Phi) is 2.66. The van der Waals surface area contributed by atoms with Crippen LogP contribution in [0.4, 0.5) is 0 Å². The van der Waals surface area contributed by atoms with E-state index in [1.165, 1.54) is 0 Å². The zero-order valence-corrected chi connectivity index (χ0v) is 5.18. The van der Waals surface area contributed by atoms with Crippen LogP contribution in [0.5, 0.6) is 0 Å². The number of nitrogens with zero attached hydrogens (tertiary/aromatic N) is 2. The van der Waals surface area contributed by atoms with Crippen molar-refractivity contribution in [3.8, 4) is 0 Å². The van der Waals surface area contributed by atoms with Crippen molar-refractivity contribution in [3.05, 3.63) is 12.3 Å². The molecule has 1 rings (SSSR count). The van der Waals surface area contributed by atoms with Gasteiger partial charge in [-0.3, -0.25) is 5.41 Å². The fourth-order valence-electron chi connectivity index (χ4n) is 0.290. The number of hydrogen-bond acceptors (Lipinski definition) is 4. The molecule has 0 aliphatic heterocycles. The predicted molar refractivity (Wildman–Crippen MR) is 32.6 cm³/mol. The highest BCUT2D eigenvalue weighted by Gasteiger charge is 1.98. The lowest BCUT2D eigenvalue weighted by molar-refractivity contribution is 0.541. The maximum atomic E-state index is 6.73. The highest BCUT2D eigenvalue weighted by atomic mass is 35.5. The van der Waals surface area contributed by atoms with Crippen molar-refractivity contribution in [1.29, 1.82) is 5.41 Å². The lowest BCUT2D eigenvalue weighted by Crippen LogP contribution is -2.11. The molecule has 6 heteroatoms. The molecule has 0 atom stereocenters. The summed E-state index contributed by atoms with van der Waals surface area (Å²) >= 11 is 0. The van der Waals surface area contributed by atoms with Gasteiger partial charge in [-0.15, -0.1) is 22.6 Å². The fraction of sp³-hybridized carbons (Fsp3) is 0. The molecule has 0 saturated heterocycles. The average molecular weight is 149 g/mol. The highest BCUT2D eigenvalue weighted by molar-refractivity contribution is 5.89. The molecule has 50 valence electrons. The first-order chi connectivity index (χ1) is 3.80. The fourth-order valence-corrected chi connectivity index (χ4v) is 0.290. The number of aromatic nitrogens is 2. The van der Waals surface area contributed by atoms with Crippen LogP contribution in [0.2, 0.25) is 0 Å². The van der Waals surface area contributed by atoms with Gasteiger partial charge in [-0.1, -0.05) is 0 Å². The van der Waals surface area contributed by atoms with Gasteiger partial charge in [-0.2, -0.15) is 0 Å². The standard InChI is InChI=1S/C3H4N4O.ClH/c4-2(5)3-7-6-1-8-3;/h1H,(H3,4,5);1H. The third-order valence-electron chi connectivity index (χ3n) is 0.590. The molecule has 0 aliphatic carbocycles. The normalized spacial score (nSPS) is 8.00. The Morgan fingerprint density at radius 2 is 2.44 bits per heavy atom. The number of amidine groups is 1. The van der Waals surface area contributed by atoms with Crippen LogP contribution < -0.4 is 5.73 Å². The molecule has 0 aliphatic rings. The van der Waals surface area contributed by atoms with Crippen molar-refractivity contribution in [2.24, 2.45) is 5.73 Å². The minimum atomic E-state index is -0.206. The molecule has 0 radical (unpaired) electrons. The predicted octanol–water partition coefficient (Wildman–Crippen LogP) is -0.225. The summed E-state index contributed by atoms with van der Waals surface area (Å²) in [5.41, 5.74) is 4.95. The van der Waals surface area contributed by atoms with E-state index in [4.69, 9.17) is 11.1 Å². The Morgan fingerprint density at radius 3 is 2.67 bits per heavy atom. The SMILES string of the molecule is Cl.N=C(N)c1nnco1. The van der Waals surface area contributed by atoms with E-state index in [2.05, 4.69) is 14.6 Å². The second-order valence-electron chi connectivity index (χ2n) is 1.16. The molecule has 0 aromatic carbocycles. The largest absolute Gasteiger partial charge is 0.421 e. The highest BCUT2D eigenvalue weighted by Crippen LogP contribution is 1.85. The van der Waals surface area contributed by atoms with Crippen molar-refractivity contribution in [2.45, 2.75) is 0 Å². The van der Waals surface area contributed by atoms with Gasteiger partial charge in [0.1, 0.15) is 0 Å². The van der Waals surface area contributed by atoms with Gasteiger partial charge in [0.2, 0.25) is 6.39 Å². The van der Waals surface area contributed by atoms with Crippen LogP contribution in [0.15, 0.2) is 10.8 Å². The van der Waals surface area contributed by atoms with Crippen LogP contribution in [0.25, 0.3) is 0 Å². The number of hydrogen-bond donors (Lipinski definition) is 2. The molecule has 3 N–H and O–H groups in total. The van der Waals surface area contributed by atoms with Gasteiger partial charge in [0.15, 0.2) is 5.84 Å². The Labute approximate surface area is 57.2 Å². The molecule has 0 fully saturated rings. The number of halogens is 1. The molecule has 9 heavy (non-hydrogen) atoms. The number of nitrogens with one attached hydrogen (secondary N) is 1. The summed E-state index contributed by atoms with van der Waals surface area (Å²) in [5, 5.41) is 13.4. The number of nitrogens with two attached hydrogens (primary N) is 1. The topological polar surface area (TPSA) is 88.8 Å². The molecule has 1 aromatic rings. The van der Waals surface area contributed by atoms with Crippen molar-refractivity contribution in [3.63, 3.8) is 0 Å². The third-order valence-corrected chi connectivity index (χ3v) is 0.590. The van der Waals surface area contributed by atoms with Gasteiger partial charge in [0.25, 0.3) is 5.89 Å². The summed E-state index contributed by atoms with van der Waals surface area (Å²) in [4.78, 5) is 0. The molecule has 5 nitrogen and oxygen atoms in total. The van der Waals surface area contributed by atoms with E-state index in [1.54, 1.807) is 0 Å². The minimum Gasteiger partial charge on any atom is -0.421 e. The van der Waals surface area contributed by atoms with Gasteiger partial charge in [0, 0.05) is 0 Å². The van der Waals surface area contributed by atoms with Crippen molar-refractivity contribution in [1.82, 2.24) is 10.2 Å². The van der Waals surface area contributed by atoms with Crippen LogP contribution in [0.1, 0.15) is 5.89 Å². The molecule has 0 spiro atoms. The molecule has 0 unspecified atom stereocenters. The average Bonchev–Trinajstić information content (AvgIpc) is 2.12. The molecule has 0 bridgehead atoms. The second kappa shape index (κ2) is 3.03. The maximum absolute atomic E-state index is 6.73. The Morgan fingerprint density at radius 1 is 1.78 bits per heavy atom. The maximum Gasteiger partial charge on any atom is 0.282 e. The Bertz CT molecular complexity index is 184. The number of nitrogen functional groups attached to an aromatic ring is 1. The van der Waals surface area contributed by atoms with Crippen LogP contribution in [0.3, 0.4) is 0 Å². The Hall–Kier alpha value is -1.10. The van der Waals surface area contributed by atoms with Gasteiger partial charge >= 0.3 is 0 Å². The molecule has 0 amide bonds. The van der Waals surface area contributed by atoms with E-state index in [9.17, 15) is 0 Å². The van der Waals surface area contributed by atoms with Gasteiger partial charge in [-0.25, -0.2) is 0 Å². The van der Waals surface area contributed by atoms with Gasteiger partial charge in [-0.05, 0) is 0 Å². The first-order valence-corrected chi connectivity index (χ1v) is 1.91. The first-order valence-electron chi connectivity index (χ1n) is 1.91. The minimum absolute atomic E-state index is 0. The van der Waals surface area contributed by atoms with Gasteiger partial charge < -0.3 is 10.2 Å². The zero-order valence-electron chi connectivity index (χ0n) is 4.37. The van der Waals surface area contributed by atoms with Crippen molar-refractivity contribution < 1.29 is 4.42 Å². The quantitative estimate of drug-likeness (QED) is 0.426. The van der Waals surface area contributed by atoms with Crippen molar-refractivity contribution >= 4 is 18.2 Å². The molecular weight excluding hydrogens is 144 g/mol. The Balaban J connectivity index is 0.000000640. The lowest BCUT2D eigenvalue weighted by Gasteiger charge is -1.81. The van der Waals surface area contributed by atoms with Gasteiger partial charge in [0.05, 0.1) is 0 Å². The van der Waals surface area contributed by atoms with E-state index < -0.39 is 0 Å². The number of rotatable bonds is 1. The smallest absolute Gasteiger partial charge is 0.282 e. The van der Waals surface area contributed by atoms with Crippen LogP contribution >= 0.6 is 12.4 Å². The molecular formula is C3H5ClN4O. The zero-order chi connectivity index (χ0) is 5.98. The van der Waals surface area contributed by atoms with E-state index in [0.29, 0.717) is 0 Å². The first kappa shape index (κ1) is 7.90.